The summed E-state index contributed by atoms with van der Waals surface area (Å²) in [6, 6.07) is 4.68. The van der Waals surface area contributed by atoms with Gasteiger partial charge in [0.1, 0.15) is 17.1 Å². The van der Waals surface area contributed by atoms with Crippen molar-refractivity contribution in [2.45, 2.75) is 45.4 Å². The predicted octanol–water partition coefficient (Wildman–Crippen LogP) is 2.54. The highest BCUT2D eigenvalue weighted by molar-refractivity contribution is 5.06. The Kier molecular flexibility index (Phi) is 5.65. The van der Waals surface area contributed by atoms with Crippen LogP contribution in [0, 0.1) is 12.8 Å². The summed E-state index contributed by atoms with van der Waals surface area (Å²) in [5, 5.41) is 0. The van der Waals surface area contributed by atoms with Crippen LogP contribution in [0.4, 0.5) is 0 Å². The number of aryl methyl sites for hydroxylation is 1. The molecule has 0 bridgehead atoms. The van der Waals surface area contributed by atoms with Crippen molar-refractivity contribution >= 4 is 0 Å². The van der Waals surface area contributed by atoms with Crippen LogP contribution in [0.25, 0.3) is 0 Å². The van der Waals surface area contributed by atoms with E-state index in [1.165, 1.54) is 0 Å². The van der Waals surface area contributed by atoms with Crippen LogP contribution in [0.5, 0.6) is 0 Å². The van der Waals surface area contributed by atoms with Gasteiger partial charge in [-0.05, 0) is 52.3 Å². The van der Waals surface area contributed by atoms with Gasteiger partial charge in [0.15, 0.2) is 0 Å². The first kappa shape index (κ1) is 17.9. The van der Waals surface area contributed by atoms with E-state index in [9.17, 15) is 0 Å². The van der Waals surface area contributed by atoms with Crippen molar-refractivity contribution in [1.29, 1.82) is 0 Å². The molecule has 0 aromatic carbocycles. The Labute approximate surface area is 145 Å². The van der Waals surface area contributed by atoms with Crippen LogP contribution in [-0.2, 0) is 16.0 Å². The minimum Gasteiger partial charge on any atom is -0.465 e. The topological polar surface area (TPSA) is 38.1 Å². The van der Waals surface area contributed by atoms with Gasteiger partial charge in [-0.3, -0.25) is 4.90 Å². The number of ether oxygens (including phenoxy) is 2. The average Bonchev–Trinajstić information content (AvgIpc) is 3.04. The SMILES string of the molecule is Cc1ccc(CN2CCOC[C@]3(C[C@@H](CN(C)C(C)C)CO3)C2)o1. The minimum atomic E-state index is -0.152. The zero-order chi connectivity index (χ0) is 17.2. The van der Waals surface area contributed by atoms with Gasteiger partial charge in [-0.25, -0.2) is 0 Å². The summed E-state index contributed by atoms with van der Waals surface area (Å²) in [5.74, 6) is 2.59. The molecule has 0 unspecified atom stereocenters. The van der Waals surface area contributed by atoms with Crippen molar-refractivity contribution in [3.63, 3.8) is 0 Å². The predicted molar refractivity (Wildman–Crippen MR) is 94.1 cm³/mol. The number of hydrogen-bond donors (Lipinski definition) is 0. The molecule has 0 amide bonds. The van der Waals surface area contributed by atoms with E-state index in [4.69, 9.17) is 13.9 Å². The van der Waals surface area contributed by atoms with Crippen LogP contribution in [0.2, 0.25) is 0 Å². The number of rotatable bonds is 5. The smallest absolute Gasteiger partial charge is 0.118 e. The van der Waals surface area contributed by atoms with Crippen LogP contribution in [0.1, 0.15) is 31.8 Å². The summed E-state index contributed by atoms with van der Waals surface area (Å²) in [7, 11) is 2.20. The van der Waals surface area contributed by atoms with Gasteiger partial charge in [0.25, 0.3) is 0 Å². The van der Waals surface area contributed by atoms with Crippen LogP contribution < -0.4 is 0 Å². The Morgan fingerprint density at radius 1 is 1.38 bits per heavy atom. The lowest BCUT2D eigenvalue weighted by molar-refractivity contribution is -0.0566. The van der Waals surface area contributed by atoms with E-state index in [0.717, 1.165) is 57.3 Å². The molecule has 2 saturated heterocycles. The summed E-state index contributed by atoms with van der Waals surface area (Å²) >= 11 is 0. The molecule has 136 valence electrons. The first-order valence-electron chi connectivity index (χ1n) is 9.15. The molecule has 2 atom stereocenters. The summed E-state index contributed by atoms with van der Waals surface area (Å²) < 4.78 is 17.9. The van der Waals surface area contributed by atoms with Crippen LogP contribution in [0.15, 0.2) is 16.5 Å². The maximum atomic E-state index is 6.30. The van der Waals surface area contributed by atoms with Gasteiger partial charge >= 0.3 is 0 Å². The van der Waals surface area contributed by atoms with E-state index in [1.54, 1.807) is 0 Å². The van der Waals surface area contributed by atoms with Crippen molar-refractivity contribution in [3.8, 4) is 0 Å². The lowest BCUT2D eigenvalue weighted by Gasteiger charge is -2.31. The van der Waals surface area contributed by atoms with Gasteiger partial charge in [0.05, 0.1) is 26.4 Å². The first-order valence-corrected chi connectivity index (χ1v) is 9.15. The molecule has 0 N–H and O–H groups in total. The maximum absolute atomic E-state index is 6.30. The summed E-state index contributed by atoms with van der Waals surface area (Å²) in [6.07, 6.45) is 1.08. The summed E-state index contributed by atoms with van der Waals surface area (Å²) in [5.41, 5.74) is -0.152. The fourth-order valence-corrected chi connectivity index (χ4v) is 3.79. The van der Waals surface area contributed by atoms with E-state index in [1.807, 2.05) is 13.0 Å². The molecular formula is C19H32N2O3. The highest BCUT2D eigenvalue weighted by Crippen LogP contribution is 2.33. The summed E-state index contributed by atoms with van der Waals surface area (Å²) in [6.45, 7) is 12.6. The third-order valence-corrected chi connectivity index (χ3v) is 5.32. The van der Waals surface area contributed by atoms with Crippen molar-refractivity contribution in [2.75, 3.05) is 46.5 Å². The largest absolute Gasteiger partial charge is 0.465 e. The van der Waals surface area contributed by atoms with Crippen molar-refractivity contribution in [1.82, 2.24) is 9.80 Å². The number of furan rings is 1. The monoisotopic (exact) mass is 336 g/mol. The molecule has 1 aromatic rings. The Morgan fingerprint density at radius 3 is 2.92 bits per heavy atom. The van der Waals surface area contributed by atoms with Gasteiger partial charge in [-0.2, -0.15) is 0 Å². The molecule has 5 nitrogen and oxygen atoms in total. The molecule has 0 aliphatic carbocycles. The molecule has 24 heavy (non-hydrogen) atoms. The third kappa shape index (κ3) is 4.39. The van der Waals surface area contributed by atoms with Crippen molar-refractivity contribution in [3.05, 3.63) is 23.7 Å². The average molecular weight is 336 g/mol. The zero-order valence-electron chi connectivity index (χ0n) is 15.6. The molecule has 2 aliphatic heterocycles. The van der Waals surface area contributed by atoms with E-state index in [-0.39, 0.29) is 5.60 Å². The number of hydrogen-bond acceptors (Lipinski definition) is 5. The molecule has 0 radical (unpaired) electrons. The normalized spacial score (nSPS) is 29.0. The van der Waals surface area contributed by atoms with Gasteiger partial charge in [-0.1, -0.05) is 0 Å². The van der Waals surface area contributed by atoms with Crippen molar-refractivity contribution < 1.29 is 13.9 Å². The van der Waals surface area contributed by atoms with Crippen molar-refractivity contribution in [2.24, 2.45) is 5.92 Å². The quantitative estimate of drug-likeness (QED) is 0.826. The standard InChI is InChI=1S/C19H32N2O3/c1-15(2)20(4)10-17-9-19(23-12-17)13-21(7-8-22-14-19)11-18-6-5-16(3)24-18/h5-6,15,17H,7-14H2,1-4H3/t17-,19-/m0/s1. The van der Waals surface area contributed by atoms with E-state index >= 15 is 0 Å². The fraction of sp³-hybridized carbons (Fsp3) is 0.789. The van der Waals surface area contributed by atoms with Crippen LogP contribution in [-0.4, -0.2) is 67.9 Å². The van der Waals surface area contributed by atoms with Gasteiger partial charge in [0.2, 0.25) is 0 Å². The number of nitrogens with zero attached hydrogens (tertiary/aromatic N) is 2. The molecule has 1 aromatic heterocycles. The second-order valence-corrected chi connectivity index (χ2v) is 7.87. The van der Waals surface area contributed by atoms with Gasteiger partial charge in [-0.15, -0.1) is 0 Å². The van der Waals surface area contributed by atoms with Gasteiger partial charge in [0, 0.05) is 25.7 Å². The van der Waals surface area contributed by atoms with E-state index in [2.05, 4.69) is 36.8 Å². The Hall–Kier alpha value is -0.880. The maximum Gasteiger partial charge on any atom is 0.118 e. The Balaban J connectivity index is 1.60. The lowest BCUT2D eigenvalue weighted by Crippen LogP contribution is -2.44. The molecular weight excluding hydrogens is 304 g/mol. The molecule has 1 spiro atoms. The molecule has 2 aliphatic rings. The summed E-state index contributed by atoms with van der Waals surface area (Å²) in [4.78, 5) is 4.83. The molecule has 3 rings (SSSR count). The molecule has 0 saturated carbocycles. The second-order valence-electron chi connectivity index (χ2n) is 7.87. The Bertz CT molecular complexity index is 530. The van der Waals surface area contributed by atoms with Gasteiger partial charge < -0.3 is 18.8 Å². The molecule has 5 heteroatoms. The minimum absolute atomic E-state index is 0.152. The zero-order valence-corrected chi connectivity index (χ0v) is 15.6. The molecule has 2 fully saturated rings. The van der Waals surface area contributed by atoms with E-state index < -0.39 is 0 Å². The van der Waals surface area contributed by atoms with Crippen LogP contribution >= 0.6 is 0 Å². The molecule has 3 heterocycles. The van der Waals surface area contributed by atoms with E-state index in [0.29, 0.717) is 18.6 Å². The Morgan fingerprint density at radius 2 is 2.21 bits per heavy atom. The highest BCUT2D eigenvalue weighted by Gasteiger charge is 2.43. The highest BCUT2D eigenvalue weighted by atomic mass is 16.5. The van der Waals surface area contributed by atoms with Crippen LogP contribution in [0.3, 0.4) is 0 Å². The second kappa shape index (κ2) is 7.56. The fourth-order valence-electron chi connectivity index (χ4n) is 3.79. The third-order valence-electron chi connectivity index (χ3n) is 5.32. The lowest BCUT2D eigenvalue weighted by atomic mass is 9.93. The first-order chi connectivity index (χ1) is 11.5.